The molecule has 6 nitrogen and oxygen atoms in total. The molecule has 3 amide bonds. The van der Waals surface area contributed by atoms with Crippen molar-refractivity contribution in [3.63, 3.8) is 0 Å². The third-order valence-electron chi connectivity index (χ3n) is 3.26. The third-order valence-corrected chi connectivity index (χ3v) is 3.26. The first-order chi connectivity index (χ1) is 10.7. The minimum atomic E-state index is -0.412. The monoisotopic (exact) mass is 303 g/mol. The van der Waals surface area contributed by atoms with E-state index in [1.807, 2.05) is 25.1 Å². The van der Waals surface area contributed by atoms with Gasteiger partial charge >= 0.3 is 6.03 Å². The molecule has 2 rings (SSSR count). The molecule has 0 bridgehead atoms. The molecule has 1 aliphatic rings. The molecule has 118 valence electrons. The van der Waals surface area contributed by atoms with Crippen molar-refractivity contribution < 1.29 is 14.3 Å². The summed E-state index contributed by atoms with van der Waals surface area (Å²) in [5.74, 6) is 0.523. The number of rotatable bonds is 5. The molecule has 0 saturated heterocycles. The zero-order valence-corrected chi connectivity index (χ0v) is 12.6. The summed E-state index contributed by atoms with van der Waals surface area (Å²) in [6, 6.07) is 5.37. The van der Waals surface area contributed by atoms with Gasteiger partial charge in [-0.05, 0) is 35.8 Å². The second kappa shape index (κ2) is 8.07. The number of ether oxygens (including phenoxy) is 1. The minimum absolute atomic E-state index is 0.387. The predicted octanol–water partition coefficient (Wildman–Crippen LogP) is 1.77. The quantitative estimate of drug-likeness (QED) is 0.440. The molecule has 0 saturated carbocycles. The standard InChI is InChI=1S/C16H21N3O3/c1-2-3-9-17-16(21)19-18-15(20)7-5-12-4-6-14-13(11-12)8-10-22-14/h4-7,11H,2-3,8-10H2,1H3,(H,18,20)(H2,17,19,21). The summed E-state index contributed by atoms with van der Waals surface area (Å²) in [4.78, 5) is 23.0. The molecule has 22 heavy (non-hydrogen) atoms. The van der Waals surface area contributed by atoms with Gasteiger partial charge < -0.3 is 10.1 Å². The SMILES string of the molecule is CCCCNC(=O)NNC(=O)C=Cc1ccc2c(c1)CCO2. The van der Waals surface area contributed by atoms with Crippen LogP contribution >= 0.6 is 0 Å². The van der Waals surface area contributed by atoms with Gasteiger partial charge in [0.25, 0.3) is 5.91 Å². The lowest BCUT2D eigenvalue weighted by atomic mass is 10.1. The Morgan fingerprint density at radius 1 is 1.32 bits per heavy atom. The first-order valence-electron chi connectivity index (χ1n) is 7.46. The zero-order valence-electron chi connectivity index (χ0n) is 12.6. The number of amides is 3. The topological polar surface area (TPSA) is 79.5 Å². The van der Waals surface area contributed by atoms with Gasteiger partial charge in [0.05, 0.1) is 6.61 Å². The molecule has 0 aliphatic carbocycles. The second-order valence-corrected chi connectivity index (χ2v) is 5.02. The van der Waals surface area contributed by atoms with Gasteiger partial charge in [0, 0.05) is 19.0 Å². The molecule has 0 aromatic heterocycles. The fourth-order valence-corrected chi connectivity index (χ4v) is 2.07. The smallest absolute Gasteiger partial charge is 0.333 e. The molecule has 0 atom stereocenters. The van der Waals surface area contributed by atoms with Crippen molar-refractivity contribution in [1.29, 1.82) is 0 Å². The summed E-state index contributed by atoms with van der Waals surface area (Å²) in [6.07, 6.45) is 5.88. The van der Waals surface area contributed by atoms with E-state index in [1.165, 1.54) is 6.08 Å². The lowest BCUT2D eigenvalue weighted by Crippen LogP contribution is -2.46. The molecule has 1 heterocycles. The Hall–Kier alpha value is -2.50. The highest BCUT2D eigenvalue weighted by molar-refractivity contribution is 5.92. The highest BCUT2D eigenvalue weighted by atomic mass is 16.5. The van der Waals surface area contributed by atoms with Gasteiger partial charge in [-0.15, -0.1) is 0 Å². The van der Waals surface area contributed by atoms with E-state index in [0.717, 1.165) is 36.1 Å². The fourth-order valence-electron chi connectivity index (χ4n) is 2.07. The first-order valence-corrected chi connectivity index (χ1v) is 7.46. The Balaban J connectivity index is 1.75. The maximum Gasteiger partial charge on any atom is 0.333 e. The molecule has 0 fully saturated rings. The lowest BCUT2D eigenvalue weighted by molar-refractivity contribution is -0.117. The Kier molecular flexibility index (Phi) is 5.82. The lowest BCUT2D eigenvalue weighted by Gasteiger charge is -2.06. The van der Waals surface area contributed by atoms with Crippen LogP contribution in [-0.2, 0) is 11.2 Å². The van der Waals surface area contributed by atoms with Crippen LogP contribution in [0.2, 0.25) is 0 Å². The van der Waals surface area contributed by atoms with Crippen molar-refractivity contribution in [2.75, 3.05) is 13.2 Å². The van der Waals surface area contributed by atoms with E-state index in [1.54, 1.807) is 6.08 Å². The molecular weight excluding hydrogens is 282 g/mol. The summed E-state index contributed by atoms with van der Waals surface area (Å²) < 4.78 is 5.43. The van der Waals surface area contributed by atoms with Gasteiger partial charge in [-0.3, -0.25) is 10.2 Å². The van der Waals surface area contributed by atoms with E-state index in [9.17, 15) is 9.59 Å². The zero-order chi connectivity index (χ0) is 15.8. The van der Waals surface area contributed by atoms with Crippen LogP contribution in [-0.4, -0.2) is 25.1 Å². The van der Waals surface area contributed by atoms with Crippen LogP contribution in [0.15, 0.2) is 24.3 Å². The van der Waals surface area contributed by atoms with E-state index in [4.69, 9.17) is 4.74 Å². The van der Waals surface area contributed by atoms with Crippen LogP contribution in [0, 0.1) is 0 Å². The molecule has 1 aromatic carbocycles. The van der Waals surface area contributed by atoms with Gasteiger partial charge in [-0.25, -0.2) is 10.2 Å². The van der Waals surface area contributed by atoms with Crippen molar-refractivity contribution in [2.45, 2.75) is 26.2 Å². The van der Waals surface area contributed by atoms with Gasteiger partial charge in [0.2, 0.25) is 0 Å². The number of nitrogens with one attached hydrogen (secondary N) is 3. The summed E-state index contributed by atoms with van der Waals surface area (Å²) in [5.41, 5.74) is 6.69. The van der Waals surface area contributed by atoms with E-state index < -0.39 is 6.03 Å². The van der Waals surface area contributed by atoms with E-state index in [2.05, 4.69) is 16.2 Å². The number of fused-ring (bicyclic) bond motifs is 1. The van der Waals surface area contributed by atoms with E-state index in [-0.39, 0.29) is 5.91 Å². The number of unbranched alkanes of at least 4 members (excludes halogenated alkanes) is 1. The van der Waals surface area contributed by atoms with Crippen LogP contribution < -0.4 is 20.9 Å². The number of hydrazine groups is 1. The molecule has 6 heteroatoms. The Morgan fingerprint density at radius 2 is 2.18 bits per heavy atom. The molecule has 0 spiro atoms. The number of carbonyl (C=O) groups excluding carboxylic acids is 2. The van der Waals surface area contributed by atoms with Crippen molar-refractivity contribution in [2.24, 2.45) is 0 Å². The van der Waals surface area contributed by atoms with Gasteiger partial charge in [-0.1, -0.05) is 19.4 Å². The van der Waals surface area contributed by atoms with Crippen molar-refractivity contribution in [3.05, 3.63) is 35.4 Å². The summed E-state index contributed by atoms with van der Waals surface area (Å²) in [5, 5.41) is 2.64. The minimum Gasteiger partial charge on any atom is -0.493 e. The van der Waals surface area contributed by atoms with Crippen LogP contribution in [0.1, 0.15) is 30.9 Å². The van der Waals surface area contributed by atoms with Crippen molar-refractivity contribution >= 4 is 18.0 Å². The molecular formula is C16H21N3O3. The largest absolute Gasteiger partial charge is 0.493 e. The number of hydrogen-bond acceptors (Lipinski definition) is 3. The number of urea groups is 1. The maximum absolute atomic E-state index is 11.6. The van der Waals surface area contributed by atoms with E-state index in [0.29, 0.717) is 13.2 Å². The summed E-state index contributed by atoms with van der Waals surface area (Å²) in [7, 11) is 0. The summed E-state index contributed by atoms with van der Waals surface area (Å²) >= 11 is 0. The number of carbonyl (C=O) groups is 2. The van der Waals surface area contributed by atoms with E-state index >= 15 is 0 Å². The van der Waals surface area contributed by atoms with Crippen molar-refractivity contribution in [3.8, 4) is 5.75 Å². The highest BCUT2D eigenvalue weighted by Crippen LogP contribution is 2.26. The highest BCUT2D eigenvalue weighted by Gasteiger charge is 2.11. The van der Waals surface area contributed by atoms with Gasteiger partial charge in [0.15, 0.2) is 0 Å². The molecule has 3 N–H and O–H groups in total. The molecule has 0 unspecified atom stereocenters. The Labute approximate surface area is 129 Å². The Bertz CT molecular complexity index is 570. The first kappa shape index (κ1) is 15.9. The Morgan fingerprint density at radius 3 is 3.00 bits per heavy atom. The van der Waals surface area contributed by atoms with Crippen LogP contribution in [0.5, 0.6) is 5.75 Å². The van der Waals surface area contributed by atoms with Gasteiger partial charge in [0.1, 0.15) is 5.75 Å². The fraction of sp³-hybridized carbons (Fsp3) is 0.375. The normalized spacial score (nSPS) is 12.6. The van der Waals surface area contributed by atoms with Gasteiger partial charge in [-0.2, -0.15) is 0 Å². The number of benzene rings is 1. The second-order valence-electron chi connectivity index (χ2n) is 5.02. The molecule has 1 aliphatic heterocycles. The molecule has 1 aromatic rings. The summed E-state index contributed by atoms with van der Waals surface area (Å²) in [6.45, 7) is 3.34. The predicted molar refractivity (Wildman–Crippen MR) is 84.3 cm³/mol. The maximum atomic E-state index is 11.6. The molecule has 0 radical (unpaired) electrons. The van der Waals surface area contributed by atoms with Crippen molar-refractivity contribution in [1.82, 2.24) is 16.2 Å². The van der Waals surface area contributed by atoms with Crippen LogP contribution in [0.3, 0.4) is 0 Å². The average molecular weight is 303 g/mol. The third kappa shape index (κ3) is 4.80. The average Bonchev–Trinajstić information content (AvgIpc) is 2.98. The number of hydrogen-bond donors (Lipinski definition) is 3. The van der Waals surface area contributed by atoms with Crippen LogP contribution in [0.4, 0.5) is 4.79 Å². The van der Waals surface area contributed by atoms with Crippen LogP contribution in [0.25, 0.3) is 6.08 Å².